The van der Waals surface area contributed by atoms with Gasteiger partial charge in [-0.2, -0.15) is 0 Å². The van der Waals surface area contributed by atoms with E-state index in [-0.39, 0.29) is 18.3 Å². The zero-order valence-electron chi connectivity index (χ0n) is 27.8. The number of amides is 1. The zero-order chi connectivity index (χ0) is 34.3. The van der Waals surface area contributed by atoms with Gasteiger partial charge in [0.05, 0.1) is 44.8 Å². The van der Waals surface area contributed by atoms with Crippen molar-refractivity contribution in [1.29, 1.82) is 0 Å². The third-order valence-corrected chi connectivity index (χ3v) is 9.14. The quantitative estimate of drug-likeness (QED) is 0.0622. The number of nitrogens with one attached hydrogen (secondary N) is 3. The third kappa shape index (κ3) is 11.6. The van der Waals surface area contributed by atoms with Crippen LogP contribution in [0.5, 0.6) is 5.75 Å². The van der Waals surface area contributed by atoms with Crippen LogP contribution in [-0.2, 0) is 35.8 Å². The van der Waals surface area contributed by atoms with E-state index in [0.717, 1.165) is 66.6 Å². The minimum Gasteiger partial charge on any atom is -0.508 e. The molecule has 1 aromatic heterocycles. The van der Waals surface area contributed by atoms with E-state index in [1.54, 1.807) is 30.0 Å². The molecule has 0 radical (unpaired) electrons. The van der Waals surface area contributed by atoms with E-state index in [1.165, 1.54) is 6.07 Å². The Labute approximate surface area is 292 Å². The van der Waals surface area contributed by atoms with Crippen molar-refractivity contribution in [2.24, 2.45) is 0 Å². The van der Waals surface area contributed by atoms with Crippen LogP contribution >= 0.6 is 11.8 Å². The predicted octanol–water partition coefficient (Wildman–Crippen LogP) is 5.47. The fourth-order valence-electron chi connectivity index (χ4n) is 5.47. The number of rotatable bonds is 21. The maximum atomic E-state index is 13.0. The highest BCUT2D eigenvalue weighted by Gasteiger charge is 2.15. The monoisotopic (exact) mass is 689 g/mol. The van der Waals surface area contributed by atoms with E-state index < -0.39 is 6.10 Å². The van der Waals surface area contributed by atoms with Gasteiger partial charge in [0, 0.05) is 54.1 Å². The van der Waals surface area contributed by atoms with Crippen LogP contribution in [0, 0.1) is 0 Å². The zero-order valence-corrected chi connectivity index (χ0v) is 28.6. The summed E-state index contributed by atoms with van der Waals surface area (Å²) in [6, 6.07) is 19.9. The smallest absolute Gasteiger partial charge is 0.255 e. The predicted molar refractivity (Wildman–Crippen MR) is 192 cm³/mol. The molecule has 0 fully saturated rings. The third-order valence-electron chi connectivity index (χ3n) is 8.17. The number of imidazole rings is 1. The molecule has 12 heteroatoms. The summed E-state index contributed by atoms with van der Waals surface area (Å²) in [5.74, 6) is 0.936. The summed E-state index contributed by atoms with van der Waals surface area (Å²) in [6.07, 6.45) is 5.51. The van der Waals surface area contributed by atoms with Gasteiger partial charge >= 0.3 is 0 Å². The maximum Gasteiger partial charge on any atom is 0.255 e. The maximum absolute atomic E-state index is 13.0. The molecule has 6 N–H and O–H groups in total. The lowest BCUT2D eigenvalue weighted by molar-refractivity contribution is 0.0393. The Morgan fingerprint density at radius 1 is 0.959 bits per heavy atom. The fourth-order valence-corrected chi connectivity index (χ4v) is 6.43. The van der Waals surface area contributed by atoms with Crippen LogP contribution in [0.4, 0.5) is 11.4 Å². The minimum absolute atomic E-state index is 0.0312. The van der Waals surface area contributed by atoms with E-state index in [1.807, 2.05) is 42.5 Å². The summed E-state index contributed by atoms with van der Waals surface area (Å²) in [5.41, 5.74) is 5.19. The van der Waals surface area contributed by atoms with Gasteiger partial charge in [0.25, 0.3) is 5.91 Å². The second kappa shape index (κ2) is 19.3. The van der Waals surface area contributed by atoms with Crippen LogP contribution in [0.3, 0.4) is 0 Å². The van der Waals surface area contributed by atoms with Crippen molar-refractivity contribution < 1.29 is 29.6 Å². The number of nitrogens with zero attached hydrogens (tertiary/aromatic N) is 2. The van der Waals surface area contributed by atoms with Crippen LogP contribution in [0.2, 0.25) is 0 Å². The number of carbonyl (C=O) groups excluding carboxylic acids is 1. The standard InChI is InChI=1S/C37H47N5O6S/c43-25-30-20-28(11-12-34(30)44)35(45)23-38-13-3-1-2-4-15-47-16-17-48-26-27-7-5-10-32(19-27)40-36(46)29-8-6-9-31(21-29)39-22-33-24-42-14-18-49-37(42)41-33/h5-12,19-21,24,35,38-39,43-45H,1-4,13-18,22-23,25-26H2,(H,40,46)/t35-/m0/s1. The Kier molecular flexibility index (Phi) is 14.3. The highest BCUT2D eigenvalue weighted by Crippen LogP contribution is 2.25. The number of phenols is 1. The minimum atomic E-state index is -0.693. The number of unbranched alkanes of at least 4 members (excludes halogenated alkanes) is 3. The van der Waals surface area contributed by atoms with E-state index in [0.29, 0.717) is 61.9 Å². The molecule has 5 rings (SSSR count). The molecule has 0 aliphatic carbocycles. The number of anilines is 2. The Balaban J connectivity index is 0.890. The molecular formula is C37H47N5O6S. The Morgan fingerprint density at radius 3 is 2.67 bits per heavy atom. The van der Waals surface area contributed by atoms with E-state index in [2.05, 4.69) is 31.7 Å². The Morgan fingerprint density at radius 2 is 1.80 bits per heavy atom. The number of aromatic nitrogens is 2. The largest absolute Gasteiger partial charge is 0.508 e. The van der Waals surface area contributed by atoms with Gasteiger partial charge in [0.2, 0.25) is 0 Å². The van der Waals surface area contributed by atoms with Crippen molar-refractivity contribution in [3.63, 3.8) is 0 Å². The lowest BCUT2D eigenvalue weighted by Gasteiger charge is -2.14. The summed E-state index contributed by atoms with van der Waals surface area (Å²) in [7, 11) is 0. The number of benzene rings is 3. The highest BCUT2D eigenvalue weighted by atomic mass is 32.2. The number of carbonyl (C=O) groups is 1. The first kappa shape index (κ1) is 36.4. The first-order valence-corrected chi connectivity index (χ1v) is 17.9. The topological polar surface area (TPSA) is 150 Å². The van der Waals surface area contributed by atoms with Crippen molar-refractivity contribution in [2.45, 2.75) is 63.2 Å². The van der Waals surface area contributed by atoms with Gasteiger partial charge in [-0.1, -0.05) is 48.9 Å². The van der Waals surface area contributed by atoms with E-state index in [9.17, 15) is 20.1 Å². The van der Waals surface area contributed by atoms with Crippen molar-refractivity contribution in [1.82, 2.24) is 14.9 Å². The highest BCUT2D eigenvalue weighted by molar-refractivity contribution is 7.99. The lowest BCUT2D eigenvalue weighted by atomic mass is 10.1. The molecule has 0 unspecified atom stereocenters. The first-order chi connectivity index (χ1) is 24.0. The number of fused-ring (bicyclic) bond motifs is 1. The van der Waals surface area contributed by atoms with Crippen LogP contribution in [0.25, 0.3) is 0 Å². The number of thioether (sulfide) groups is 1. The summed E-state index contributed by atoms with van der Waals surface area (Å²) < 4.78 is 13.7. The first-order valence-electron chi connectivity index (χ1n) is 16.9. The Hall–Kier alpha value is -3.91. The molecule has 0 spiro atoms. The summed E-state index contributed by atoms with van der Waals surface area (Å²) in [4.78, 5) is 17.6. The summed E-state index contributed by atoms with van der Waals surface area (Å²) >= 11 is 1.77. The molecule has 0 saturated carbocycles. The summed E-state index contributed by atoms with van der Waals surface area (Å²) in [6.45, 7) is 4.69. The molecule has 1 aliphatic heterocycles. The van der Waals surface area contributed by atoms with Crippen LogP contribution in [0.15, 0.2) is 78.1 Å². The van der Waals surface area contributed by atoms with Crippen LogP contribution in [0.1, 0.15) is 64.5 Å². The molecule has 1 amide bonds. The number of aryl methyl sites for hydroxylation is 1. The van der Waals surface area contributed by atoms with Crippen LogP contribution < -0.4 is 16.0 Å². The molecule has 3 aromatic carbocycles. The normalized spacial score (nSPS) is 12.9. The van der Waals surface area contributed by atoms with Gasteiger partial charge in [0.15, 0.2) is 5.16 Å². The Bertz CT molecular complexity index is 1610. The van der Waals surface area contributed by atoms with Crippen LogP contribution in [-0.4, -0.2) is 69.4 Å². The van der Waals surface area contributed by atoms with Crippen molar-refractivity contribution in [3.8, 4) is 5.75 Å². The molecule has 262 valence electrons. The molecule has 1 aliphatic rings. The van der Waals surface area contributed by atoms with E-state index >= 15 is 0 Å². The second-order valence-corrected chi connectivity index (χ2v) is 13.1. The van der Waals surface area contributed by atoms with Gasteiger partial charge in [-0.15, -0.1) is 0 Å². The molecule has 49 heavy (non-hydrogen) atoms. The SMILES string of the molecule is O=C(Nc1cccc(COCCOCCCCCCNC[C@H](O)c2ccc(O)c(CO)c2)c1)c1cccc(NCc2cn3c(n2)SCC3)c1. The van der Waals surface area contributed by atoms with Crippen molar-refractivity contribution >= 4 is 29.0 Å². The number of ether oxygens (including phenoxy) is 2. The number of hydrogen-bond donors (Lipinski definition) is 6. The lowest BCUT2D eigenvalue weighted by Crippen LogP contribution is -2.22. The van der Waals surface area contributed by atoms with Gasteiger partial charge in [-0.3, -0.25) is 4.79 Å². The molecule has 0 bridgehead atoms. The molecule has 4 aromatic rings. The molecular weight excluding hydrogens is 643 g/mol. The van der Waals surface area contributed by atoms with E-state index in [4.69, 9.17) is 9.47 Å². The van der Waals surface area contributed by atoms with Crippen molar-refractivity contribution in [3.05, 3.63) is 101 Å². The average Bonchev–Trinajstić information content (AvgIpc) is 3.72. The van der Waals surface area contributed by atoms with Gasteiger partial charge in [-0.05, 0) is 73.0 Å². The van der Waals surface area contributed by atoms with Crippen molar-refractivity contribution in [2.75, 3.05) is 49.3 Å². The number of aromatic hydroxyl groups is 1. The fraction of sp³-hybridized carbons (Fsp3) is 0.405. The molecule has 1 atom stereocenters. The molecule has 2 heterocycles. The number of aliphatic hydroxyl groups excluding tert-OH is 2. The molecule has 11 nitrogen and oxygen atoms in total. The van der Waals surface area contributed by atoms with Gasteiger partial charge in [0.1, 0.15) is 5.75 Å². The van der Waals surface area contributed by atoms with Gasteiger partial charge < -0.3 is 45.3 Å². The summed E-state index contributed by atoms with van der Waals surface area (Å²) in [5, 5.41) is 40.0. The van der Waals surface area contributed by atoms with Gasteiger partial charge in [-0.25, -0.2) is 4.98 Å². The number of aliphatic hydroxyl groups is 2. The second-order valence-electron chi connectivity index (χ2n) is 12.0. The number of hydrogen-bond acceptors (Lipinski definition) is 10. The average molecular weight is 690 g/mol. The molecule has 0 saturated heterocycles.